The Balaban J connectivity index is 2.84. The maximum atomic E-state index is 5.79. The van der Waals surface area contributed by atoms with Crippen LogP contribution in [0.4, 0.5) is 0 Å². The van der Waals surface area contributed by atoms with Crippen LogP contribution in [0.5, 0.6) is 5.75 Å². The van der Waals surface area contributed by atoms with Gasteiger partial charge in [0.2, 0.25) is 0 Å². The number of hydrogen-bond donors (Lipinski definition) is 0. The fraction of sp³-hybridized carbons (Fsp3) is 0.556. The highest BCUT2D eigenvalue weighted by molar-refractivity contribution is 7.15. The van der Waals surface area contributed by atoms with Crippen LogP contribution in [-0.4, -0.2) is 23.3 Å². The smallest absolute Gasteiger partial charge is 0.120 e. The normalized spacial score (nSPS) is 17.1. The second kappa shape index (κ2) is 5.43. The van der Waals surface area contributed by atoms with Gasteiger partial charge in [0.05, 0.1) is 15.2 Å². The van der Waals surface area contributed by atoms with Crippen molar-refractivity contribution in [2.45, 2.75) is 58.4 Å². The molecule has 0 bridgehead atoms. The predicted octanol–water partition coefficient (Wildman–Crippen LogP) is 4.98. The van der Waals surface area contributed by atoms with Gasteiger partial charge < -0.3 is 4.74 Å². The summed E-state index contributed by atoms with van der Waals surface area (Å²) in [6, 6.07) is 6.59. The summed E-state index contributed by atoms with van der Waals surface area (Å²) < 4.78 is 5.79. The fourth-order valence-electron chi connectivity index (χ4n) is 4.39. The van der Waals surface area contributed by atoms with Crippen molar-refractivity contribution in [1.82, 2.24) is 0 Å². The number of fused-ring (bicyclic) bond motifs is 1. The molecule has 0 atom stereocenters. The van der Waals surface area contributed by atoms with Crippen molar-refractivity contribution < 1.29 is 4.74 Å². The molecule has 0 N–H and O–H groups in total. The highest BCUT2D eigenvalue weighted by Crippen LogP contribution is 2.47. The minimum absolute atomic E-state index is 0.702. The van der Waals surface area contributed by atoms with Crippen LogP contribution in [0.15, 0.2) is 23.0 Å². The first-order chi connectivity index (χ1) is 9.67. The van der Waals surface area contributed by atoms with Crippen LogP contribution in [0, 0.1) is 0 Å². The number of rotatable bonds is 4. The van der Waals surface area contributed by atoms with Crippen molar-refractivity contribution in [3.8, 4) is 5.75 Å². The molecule has 0 aliphatic carbocycles. The fourth-order valence-corrected chi connectivity index (χ4v) is 17.7. The maximum Gasteiger partial charge on any atom is 0.120 e. The monoisotopic (exact) mass is 318 g/mol. The molecule has 1 aromatic carbocycles. The minimum atomic E-state index is -1.74. The molecule has 0 saturated heterocycles. The largest absolute Gasteiger partial charge is 0.497 e. The molecule has 0 radical (unpaired) electrons. The molecule has 0 unspecified atom stereocenters. The topological polar surface area (TPSA) is 9.23 Å². The summed E-state index contributed by atoms with van der Waals surface area (Å²) >= 11 is 0. The van der Waals surface area contributed by atoms with E-state index < -0.39 is 16.1 Å². The van der Waals surface area contributed by atoms with Gasteiger partial charge in [-0.1, -0.05) is 70.4 Å². The van der Waals surface area contributed by atoms with Crippen LogP contribution in [0.25, 0.3) is 6.08 Å². The molecule has 1 nitrogen and oxygen atoms in total. The van der Waals surface area contributed by atoms with E-state index in [1.807, 2.05) is 11.9 Å². The van der Waals surface area contributed by atoms with Crippen molar-refractivity contribution in [1.29, 1.82) is 0 Å². The van der Waals surface area contributed by atoms with E-state index in [1.54, 1.807) is 5.19 Å². The van der Waals surface area contributed by atoms with E-state index >= 15 is 0 Å². The van der Waals surface area contributed by atoms with E-state index in [1.165, 1.54) is 5.56 Å². The van der Waals surface area contributed by atoms with Gasteiger partial charge in [-0.05, 0) is 27.9 Å². The lowest BCUT2D eigenvalue weighted by Gasteiger charge is -2.44. The molecule has 21 heavy (non-hydrogen) atoms. The molecule has 1 heterocycles. The lowest BCUT2D eigenvalue weighted by molar-refractivity contribution is 0.417. The molecule has 3 heteroatoms. The summed E-state index contributed by atoms with van der Waals surface area (Å²) in [6.45, 7) is 17.2. The molecular weight excluding hydrogens is 288 g/mol. The van der Waals surface area contributed by atoms with Crippen molar-refractivity contribution in [2.75, 3.05) is 7.11 Å². The Bertz CT molecular complexity index is 557. The highest BCUT2D eigenvalue weighted by atomic mass is 28.4. The van der Waals surface area contributed by atoms with Crippen molar-refractivity contribution in [2.24, 2.45) is 0 Å². The van der Waals surface area contributed by atoms with Crippen LogP contribution in [0.3, 0.4) is 0 Å². The molecule has 116 valence electrons. The van der Waals surface area contributed by atoms with Crippen LogP contribution in [0.2, 0.25) is 30.7 Å². The zero-order valence-electron chi connectivity index (χ0n) is 14.9. The SMILES string of the molecule is COc1cccc2c1[Si](C(C)C)(C(C)C)C([Si](C)(C)C)=C2. The number of ether oxygens (including phenoxy) is 1. The third kappa shape index (κ3) is 2.34. The minimum Gasteiger partial charge on any atom is -0.497 e. The van der Waals surface area contributed by atoms with Gasteiger partial charge >= 0.3 is 0 Å². The highest BCUT2D eigenvalue weighted by Gasteiger charge is 2.53. The average molecular weight is 319 g/mol. The number of benzene rings is 1. The Hall–Kier alpha value is -0.806. The van der Waals surface area contributed by atoms with E-state index in [-0.39, 0.29) is 0 Å². The molecule has 0 aromatic heterocycles. The van der Waals surface area contributed by atoms with Crippen LogP contribution < -0.4 is 9.92 Å². The van der Waals surface area contributed by atoms with E-state index in [0.29, 0.717) is 11.1 Å². The summed E-state index contributed by atoms with van der Waals surface area (Å²) in [6.07, 6.45) is 2.54. The van der Waals surface area contributed by atoms with Gasteiger partial charge in [-0.3, -0.25) is 0 Å². The van der Waals surface area contributed by atoms with E-state index in [0.717, 1.165) is 5.75 Å². The molecule has 0 fully saturated rings. The second-order valence-electron chi connectivity index (χ2n) is 7.91. The number of methoxy groups -OCH3 is 1. The van der Waals surface area contributed by atoms with Gasteiger partial charge in [0.15, 0.2) is 0 Å². The van der Waals surface area contributed by atoms with Gasteiger partial charge in [0.1, 0.15) is 13.8 Å². The molecular formula is C18H30OSi2. The summed E-state index contributed by atoms with van der Waals surface area (Å²) in [4.78, 5) is 1.82. The van der Waals surface area contributed by atoms with Gasteiger partial charge in [0, 0.05) is 0 Å². The lowest BCUT2D eigenvalue weighted by Crippen LogP contribution is -2.58. The summed E-state index contributed by atoms with van der Waals surface area (Å²) in [5, 5.41) is 1.56. The average Bonchev–Trinajstić information content (AvgIpc) is 2.74. The van der Waals surface area contributed by atoms with Crippen LogP contribution in [0.1, 0.15) is 33.3 Å². The summed E-state index contributed by atoms with van der Waals surface area (Å²) in [5.41, 5.74) is 2.84. The van der Waals surface area contributed by atoms with E-state index in [9.17, 15) is 0 Å². The molecule has 2 rings (SSSR count). The Morgan fingerprint density at radius 2 is 1.57 bits per heavy atom. The maximum absolute atomic E-state index is 5.79. The predicted molar refractivity (Wildman–Crippen MR) is 99.9 cm³/mol. The van der Waals surface area contributed by atoms with Gasteiger partial charge in [-0.2, -0.15) is 0 Å². The van der Waals surface area contributed by atoms with Crippen molar-refractivity contribution in [3.63, 3.8) is 0 Å². The third-order valence-electron chi connectivity index (χ3n) is 5.07. The Morgan fingerprint density at radius 3 is 2.00 bits per heavy atom. The Morgan fingerprint density at radius 1 is 1.00 bits per heavy atom. The second-order valence-corrected chi connectivity index (χ2v) is 18.5. The first-order valence-corrected chi connectivity index (χ1v) is 13.7. The molecule has 1 aromatic rings. The Labute approximate surface area is 132 Å². The lowest BCUT2D eigenvalue weighted by atomic mass is 10.2. The van der Waals surface area contributed by atoms with Crippen molar-refractivity contribution >= 4 is 27.4 Å². The zero-order chi connectivity index (χ0) is 16.0. The van der Waals surface area contributed by atoms with Crippen molar-refractivity contribution in [3.05, 3.63) is 28.6 Å². The molecule has 0 saturated carbocycles. The molecule has 1 aliphatic rings. The van der Waals surface area contributed by atoms with Gasteiger partial charge in [-0.25, -0.2) is 0 Å². The van der Waals surface area contributed by atoms with Gasteiger partial charge in [0.25, 0.3) is 0 Å². The standard InChI is InChI=1S/C18H30OSi2/c1-13(2)21(14(3)4)17(20(6,7)8)12-15-10-9-11-16(19-5)18(15)21/h9-14H,1-8H3. The van der Waals surface area contributed by atoms with E-state index in [2.05, 4.69) is 71.6 Å². The first kappa shape index (κ1) is 16.6. The van der Waals surface area contributed by atoms with Crippen LogP contribution >= 0.6 is 0 Å². The third-order valence-corrected chi connectivity index (χ3v) is 16.4. The first-order valence-electron chi connectivity index (χ1n) is 8.07. The van der Waals surface area contributed by atoms with Crippen LogP contribution in [-0.2, 0) is 0 Å². The molecule has 0 amide bonds. The quantitative estimate of drug-likeness (QED) is 0.711. The molecule has 0 spiro atoms. The Kier molecular flexibility index (Phi) is 4.29. The summed E-state index contributed by atoms with van der Waals surface area (Å²) in [5.74, 6) is 1.12. The molecule has 1 aliphatic heterocycles. The van der Waals surface area contributed by atoms with E-state index in [4.69, 9.17) is 4.74 Å². The summed E-state index contributed by atoms with van der Waals surface area (Å²) in [7, 11) is -1.27. The number of hydrogen-bond acceptors (Lipinski definition) is 1. The zero-order valence-corrected chi connectivity index (χ0v) is 16.9. The van der Waals surface area contributed by atoms with Gasteiger partial charge in [-0.15, -0.1) is 0 Å².